The third kappa shape index (κ3) is 5.45. The van der Waals surface area contributed by atoms with E-state index in [0.29, 0.717) is 5.88 Å². The minimum absolute atomic E-state index is 0.307. The summed E-state index contributed by atoms with van der Waals surface area (Å²) in [6.45, 7) is 5.56. The van der Waals surface area contributed by atoms with Crippen LogP contribution in [0.5, 0.6) is 0 Å². The van der Waals surface area contributed by atoms with Gasteiger partial charge in [0.15, 0.2) is 0 Å². The molecule has 2 unspecified atom stereocenters. The third-order valence-electron chi connectivity index (χ3n) is 1.60. The van der Waals surface area contributed by atoms with E-state index in [1.807, 2.05) is 6.92 Å². The molecule has 0 aliphatic heterocycles. The smallest absolute Gasteiger partial charge is 0.0804 e. The molecule has 0 nitrogen and oxygen atoms in total. The number of alkyl halides is 3. The van der Waals surface area contributed by atoms with Crippen LogP contribution in [0.15, 0.2) is 35.4 Å². The van der Waals surface area contributed by atoms with Gasteiger partial charge in [-0.05, 0) is 17.5 Å². The van der Waals surface area contributed by atoms with E-state index in [9.17, 15) is 0 Å². The van der Waals surface area contributed by atoms with E-state index in [4.69, 9.17) is 34.8 Å². The fraction of sp³-hybridized carbons (Fsp3) is 0.400. The van der Waals surface area contributed by atoms with Crippen molar-refractivity contribution in [3.8, 4) is 0 Å². The lowest BCUT2D eigenvalue weighted by atomic mass is 10.1. The van der Waals surface area contributed by atoms with Crippen molar-refractivity contribution < 1.29 is 0 Å². The largest absolute Gasteiger partial charge is 0.122 e. The Kier molecular flexibility index (Phi) is 7.23. The minimum atomic E-state index is -0.617. The fourth-order valence-corrected chi connectivity index (χ4v) is 1.74. The van der Waals surface area contributed by atoms with Crippen LogP contribution in [-0.4, -0.2) is 16.1 Å². The van der Waals surface area contributed by atoms with E-state index in [1.165, 1.54) is 0 Å². The Morgan fingerprint density at radius 3 is 2.64 bits per heavy atom. The Morgan fingerprint density at radius 1 is 1.64 bits per heavy atom. The van der Waals surface area contributed by atoms with Crippen LogP contribution in [0.25, 0.3) is 0 Å². The molecular formula is C10H12BrCl3. The summed E-state index contributed by atoms with van der Waals surface area (Å²) in [7, 11) is 0. The monoisotopic (exact) mass is 316 g/mol. The molecule has 0 saturated carbocycles. The second kappa shape index (κ2) is 6.95. The molecule has 2 atom stereocenters. The lowest BCUT2D eigenvalue weighted by Gasteiger charge is -2.20. The maximum absolute atomic E-state index is 6.15. The summed E-state index contributed by atoms with van der Waals surface area (Å²) in [4.78, 5) is 1.08. The molecule has 0 aliphatic rings. The normalized spacial score (nSPS) is 18.6. The predicted molar refractivity (Wildman–Crippen MR) is 71.0 cm³/mol. The van der Waals surface area contributed by atoms with Gasteiger partial charge in [-0.3, -0.25) is 0 Å². The molecule has 0 heterocycles. The molecule has 0 saturated heterocycles. The van der Waals surface area contributed by atoms with Gasteiger partial charge < -0.3 is 0 Å². The van der Waals surface area contributed by atoms with Crippen molar-refractivity contribution in [1.82, 2.24) is 0 Å². The Balaban J connectivity index is 4.40. The molecule has 0 amide bonds. The van der Waals surface area contributed by atoms with Crippen LogP contribution in [0.3, 0.4) is 0 Å². The topological polar surface area (TPSA) is 0 Å². The molecular weight excluding hydrogens is 306 g/mol. The van der Waals surface area contributed by atoms with E-state index < -0.39 is 4.87 Å². The van der Waals surface area contributed by atoms with Crippen molar-refractivity contribution in [2.24, 2.45) is 0 Å². The van der Waals surface area contributed by atoms with E-state index in [1.54, 1.807) is 23.2 Å². The molecule has 4 heteroatoms. The molecule has 80 valence electrons. The Bertz CT molecular complexity index is 244. The molecule has 0 aromatic carbocycles. The van der Waals surface area contributed by atoms with E-state index in [0.717, 1.165) is 5.57 Å². The summed E-state index contributed by atoms with van der Waals surface area (Å²) in [5, 5.41) is -0.307. The average Bonchev–Trinajstić information content (AvgIpc) is 2.13. The van der Waals surface area contributed by atoms with E-state index in [2.05, 4.69) is 22.5 Å². The summed E-state index contributed by atoms with van der Waals surface area (Å²) in [6.07, 6.45) is 5.35. The molecule has 0 N–H and O–H groups in total. The van der Waals surface area contributed by atoms with Gasteiger partial charge in [0.25, 0.3) is 0 Å². The third-order valence-corrected chi connectivity index (χ3v) is 3.28. The van der Waals surface area contributed by atoms with Gasteiger partial charge in [-0.15, -0.1) is 34.8 Å². The van der Waals surface area contributed by atoms with Crippen molar-refractivity contribution in [2.45, 2.75) is 17.2 Å². The molecule has 0 rings (SSSR count). The van der Waals surface area contributed by atoms with Crippen molar-refractivity contribution in [3.05, 3.63) is 35.4 Å². The molecule has 0 radical (unpaired) electrons. The first-order valence-electron chi connectivity index (χ1n) is 3.97. The Hall–Kier alpha value is 0.570. The highest BCUT2D eigenvalue weighted by atomic mass is 79.9. The van der Waals surface area contributed by atoms with E-state index >= 15 is 0 Å². The van der Waals surface area contributed by atoms with Crippen LogP contribution < -0.4 is 0 Å². The first-order chi connectivity index (χ1) is 6.44. The molecule has 14 heavy (non-hydrogen) atoms. The standard InChI is InChI=1S/C10H12BrCl3/c1-8(7-12)3-4-9(13)10(2,14)5-6-11/h3-6,9H,1,7H2,2H3. The second-order valence-corrected chi connectivity index (χ2v) is 5.08. The summed E-state index contributed by atoms with van der Waals surface area (Å²) in [5.41, 5.74) is 0.813. The van der Waals surface area contributed by atoms with Crippen molar-refractivity contribution in [2.75, 3.05) is 5.88 Å². The van der Waals surface area contributed by atoms with Crippen LogP contribution >= 0.6 is 50.7 Å². The number of allylic oxidation sites excluding steroid dienone is 4. The van der Waals surface area contributed by atoms with Gasteiger partial charge in [0.05, 0.1) is 10.3 Å². The van der Waals surface area contributed by atoms with Gasteiger partial charge in [-0.2, -0.15) is 0 Å². The zero-order chi connectivity index (χ0) is 11.2. The number of hydrogen-bond donors (Lipinski definition) is 0. The first kappa shape index (κ1) is 14.6. The summed E-state index contributed by atoms with van der Waals surface area (Å²) >= 11 is 21.0. The maximum Gasteiger partial charge on any atom is 0.0804 e. The zero-order valence-electron chi connectivity index (χ0n) is 7.81. The first-order valence-corrected chi connectivity index (χ1v) is 6.23. The Labute approximate surface area is 109 Å². The number of rotatable bonds is 5. The van der Waals surface area contributed by atoms with Crippen LogP contribution in [0.4, 0.5) is 0 Å². The molecule has 0 aromatic heterocycles. The number of halogens is 4. The van der Waals surface area contributed by atoms with Crippen LogP contribution in [0, 0.1) is 0 Å². The molecule has 0 spiro atoms. The minimum Gasteiger partial charge on any atom is -0.122 e. The van der Waals surface area contributed by atoms with Gasteiger partial charge in [0.2, 0.25) is 0 Å². The molecule has 0 bridgehead atoms. The SMILES string of the molecule is C=C(C=CC(Cl)C(C)(Cl)C=CBr)CCl. The van der Waals surface area contributed by atoms with Crippen LogP contribution in [0.2, 0.25) is 0 Å². The molecule has 0 aliphatic carbocycles. The summed E-state index contributed by atoms with van der Waals surface area (Å²) in [5.74, 6) is 0.396. The molecule has 0 fully saturated rings. The summed E-state index contributed by atoms with van der Waals surface area (Å²) < 4.78 is 0. The maximum atomic E-state index is 6.15. The quantitative estimate of drug-likeness (QED) is 0.502. The van der Waals surface area contributed by atoms with Crippen molar-refractivity contribution in [1.29, 1.82) is 0 Å². The highest BCUT2D eigenvalue weighted by molar-refractivity contribution is 9.11. The van der Waals surface area contributed by atoms with Gasteiger partial charge >= 0.3 is 0 Å². The van der Waals surface area contributed by atoms with Gasteiger partial charge in [-0.25, -0.2) is 0 Å². The van der Waals surface area contributed by atoms with Gasteiger partial charge in [0.1, 0.15) is 0 Å². The van der Waals surface area contributed by atoms with Crippen molar-refractivity contribution >= 4 is 50.7 Å². The molecule has 0 aromatic rings. The fourth-order valence-electron chi connectivity index (χ4n) is 0.668. The van der Waals surface area contributed by atoms with Crippen LogP contribution in [-0.2, 0) is 0 Å². The van der Waals surface area contributed by atoms with Crippen molar-refractivity contribution in [3.63, 3.8) is 0 Å². The summed E-state index contributed by atoms with van der Waals surface area (Å²) in [6, 6.07) is 0. The highest BCUT2D eigenvalue weighted by Crippen LogP contribution is 2.27. The van der Waals surface area contributed by atoms with Gasteiger partial charge in [0, 0.05) is 5.88 Å². The average molecular weight is 318 g/mol. The lowest BCUT2D eigenvalue weighted by Crippen LogP contribution is -2.24. The highest BCUT2D eigenvalue weighted by Gasteiger charge is 2.25. The second-order valence-electron chi connectivity index (χ2n) is 3.00. The predicted octanol–water partition coefficient (Wildman–Crippen LogP) is 4.85. The Morgan fingerprint density at radius 2 is 2.21 bits per heavy atom. The number of hydrogen-bond acceptors (Lipinski definition) is 0. The van der Waals surface area contributed by atoms with E-state index in [-0.39, 0.29) is 5.38 Å². The van der Waals surface area contributed by atoms with Gasteiger partial charge in [-0.1, -0.05) is 40.7 Å². The lowest BCUT2D eigenvalue weighted by molar-refractivity contribution is 0.800. The van der Waals surface area contributed by atoms with Crippen LogP contribution in [0.1, 0.15) is 6.92 Å². The zero-order valence-corrected chi connectivity index (χ0v) is 11.7.